The fourth-order valence-electron chi connectivity index (χ4n) is 1.48. The van der Waals surface area contributed by atoms with Crippen molar-refractivity contribution < 1.29 is 8.78 Å². The number of benzene rings is 1. The van der Waals surface area contributed by atoms with Crippen LogP contribution in [0.4, 0.5) is 8.78 Å². The minimum absolute atomic E-state index is 0.412. The molecule has 1 aromatic carbocycles. The van der Waals surface area contributed by atoms with Gasteiger partial charge in [-0.15, -0.1) is 11.8 Å². The summed E-state index contributed by atoms with van der Waals surface area (Å²) in [7, 11) is 0. The molecule has 0 aliphatic carbocycles. The largest absolute Gasteiger partial charge is 0.316 e. The Hall–Kier alpha value is -0.610. The van der Waals surface area contributed by atoms with E-state index in [2.05, 4.69) is 5.32 Å². The van der Waals surface area contributed by atoms with Gasteiger partial charge in [0.25, 0.3) is 0 Å². The van der Waals surface area contributed by atoms with Gasteiger partial charge in [0.1, 0.15) is 11.6 Å². The Morgan fingerprint density at radius 3 is 2.86 bits per heavy atom. The number of halogens is 2. The van der Waals surface area contributed by atoms with Gasteiger partial charge >= 0.3 is 0 Å². The molecule has 0 saturated carbocycles. The molecular weight excluding hydrogens is 204 g/mol. The molecule has 0 aromatic heterocycles. The van der Waals surface area contributed by atoms with Gasteiger partial charge in [-0.2, -0.15) is 0 Å². The average molecular weight is 215 g/mol. The molecule has 1 saturated heterocycles. The van der Waals surface area contributed by atoms with E-state index in [1.165, 1.54) is 23.9 Å². The first-order valence-corrected chi connectivity index (χ1v) is 5.46. The minimum Gasteiger partial charge on any atom is -0.316 e. The first-order chi connectivity index (χ1) is 6.75. The summed E-state index contributed by atoms with van der Waals surface area (Å²) in [5.41, 5.74) is 0. The summed E-state index contributed by atoms with van der Waals surface area (Å²) in [5, 5.41) is 3.62. The van der Waals surface area contributed by atoms with Gasteiger partial charge < -0.3 is 5.32 Å². The highest BCUT2D eigenvalue weighted by Gasteiger charge is 2.17. The van der Waals surface area contributed by atoms with E-state index < -0.39 is 11.6 Å². The molecule has 76 valence electrons. The molecule has 1 fully saturated rings. The van der Waals surface area contributed by atoms with Crippen LogP contribution in [0.3, 0.4) is 0 Å². The molecule has 2 rings (SSSR count). The van der Waals surface area contributed by atoms with Crippen molar-refractivity contribution >= 4 is 11.8 Å². The lowest BCUT2D eigenvalue weighted by Crippen LogP contribution is -2.10. The van der Waals surface area contributed by atoms with Gasteiger partial charge in [-0.1, -0.05) is 0 Å². The van der Waals surface area contributed by atoms with Gasteiger partial charge in [-0.05, 0) is 25.1 Å². The monoisotopic (exact) mass is 215 g/mol. The molecule has 1 nitrogen and oxygen atoms in total. The number of rotatable bonds is 2. The molecule has 1 aromatic rings. The molecule has 14 heavy (non-hydrogen) atoms. The van der Waals surface area contributed by atoms with E-state index >= 15 is 0 Å². The van der Waals surface area contributed by atoms with E-state index in [9.17, 15) is 8.78 Å². The normalized spacial score (nSPS) is 21.4. The highest BCUT2D eigenvalue weighted by Crippen LogP contribution is 2.29. The maximum Gasteiger partial charge on any atom is 0.139 e. The Morgan fingerprint density at radius 2 is 2.21 bits per heavy atom. The second-order valence-electron chi connectivity index (χ2n) is 3.31. The first-order valence-electron chi connectivity index (χ1n) is 4.58. The predicted octanol–water partition coefficient (Wildman–Crippen LogP) is 2.42. The summed E-state index contributed by atoms with van der Waals surface area (Å²) >= 11 is 1.48. The molecule has 1 N–H and O–H groups in total. The number of hydrogen-bond acceptors (Lipinski definition) is 2. The molecule has 0 unspecified atom stereocenters. The lowest BCUT2D eigenvalue weighted by atomic mass is 10.3. The zero-order valence-corrected chi connectivity index (χ0v) is 8.41. The Kier molecular flexibility index (Phi) is 3.03. The van der Waals surface area contributed by atoms with Crippen LogP contribution in [0, 0.1) is 11.6 Å². The van der Waals surface area contributed by atoms with Crippen LogP contribution in [0.5, 0.6) is 0 Å². The van der Waals surface area contributed by atoms with Crippen molar-refractivity contribution in [2.24, 2.45) is 0 Å². The quantitative estimate of drug-likeness (QED) is 0.813. The van der Waals surface area contributed by atoms with Crippen LogP contribution in [0.15, 0.2) is 23.1 Å². The Labute approximate surface area is 85.9 Å². The lowest BCUT2D eigenvalue weighted by Gasteiger charge is -2.08. The summed E-state index contributed by atoms with van der Waals surface area (Å²) in [5.74, 6) is -0.974. The molecule has 1 aliphatic rings. The Bertz CT molecular complexity index is 324. The Balaban J connectivity index is 2.08. The molecule has 0 bridgehead atoms. The average Bonchev–Trinajstić information content (AvgIpc) is 2.62. The van der Waals surface area contributed by atoms with Gasteiger partial charge in [0.2, 0.25) is 0 Å². The van der Waals surface area contributed by atoms with Gasteiger partial charge in [-0.25, -0.2) is 8.78 Å². The summed E-state index contributed by atoms with van der Waals surface area (Å²) in [4.78, 5) is 0.542. The second-order valence-corrected chi connectivity index (χ2v) is 4.65. The second kappa shape index (κ2) is 4.28. The number of thioether (sulfide) groups is 1. The van der Waals surface area contributed by atoms with Crippen molar-refractivity contribution in [1.82, 2.24) is 5.32 Å². The van der Waals surface area contributed by atoms with E-state index in [0.29, 0.717) is 10.1 Å². The predicted molar refractivity (Wildman–Crippen MR) is 53.5 cm³/mol. The molecule has 0 radical (unpaired) electrons. The van der Waals surface area contributed by atoms with Gasteiger partial charge in [0.15, 0.2) is 0 Å². The highest BCUT2D eigenvalue weighted by molar-refractivity contribution is 8.00. The molecule has 1 atom stereocenters. The maximum atomic E-state index is 13.2. The standard InChI is InChI=1S/C10H11F2NS/c11-7-1-2-10(9(12)5-7)14-8-3-4-13-6-8/h1-2,5,8,13H,3-4,6H2/t8-/m1/s1. The van der Waals surface area contributed by atoms with E-state index in [1.807, 2.05) is 0 Å². The highest BCUT2D eigenvalue weighted by atomic mass is 32.2. The van der Waals surface area contributed by atoms with Crippen molar-refractivity contribution in [2.45, 2.75) is 16.6 Å². The SMILES string of the molecule is Fc1ccc(S[C@@H]2CCNC2)c(F)c1. The molecule has 0 spiro atoms. The van der Waals surface area contributed by atoms with Gasteiger partial charge in [0.05, 0.1) is 0 Å². The zero-order chi connectivity index (χ0) is 9.97. The smallest absolute Gasteiger partial charge is 0.139 e. The van der Waals surface area contributed by atoms with Gasteiger partial charge in [-0.3, -0.25) is 0 Å². The van der Waals surface area contributed by atoms with Crippen LogP contribution in [-0.4, -0.2) is 18.3 Å². The number of nitrogens with one attached hydrogen (secondary N) is 1. The third kappa shape index (κ3) is 2.25. The van der Waals surface area contributed by atoms with E-state index in [4.69, 9.17) is 0 Å². The minimum atomic E-state index is -0.517. The van der Waals surface area contributed by atoms with Crippen LogP contribution in [0.25, 0.3) is 0 Å². The van der Waals surface area contributed by atoms with E-state index in [1.54, 1.807) is 0 Å². The third-order valence-electron chi connectivity index (χ3n) is 2.20. The fourth-order valence-corrected chi connectivity index (χ4v) is 2.59. The molecule has 1 heterocycles. The maximum absolute atomic E-state index is 13.2. The van der Waals surface area contributed by atoms with Crippen molar-refractivity contribution in [1.29, 1.82) is 0 Å². The molecule has 4 heteroatoms. The topological polar surface area (TPSA) is 12.0 Å². The van der Waals surface area contributed by atoms with Crippen LogP contribution >= 0.6 is 11.8 Å². The van der Waals surface area contributed by atoms with Gasteiger partial charge in [0, 0.05) is 22.8 Å². The number of hydrogen-bond donors (Lipinski definition) is 1. The molecule has 1 aliphatic heterocycles. The van der Waals surface area contributed by atoms with Crippen LogP contribution in [0.1, 0.15) is 6.42 Å². The first kappa shape index (κ1) is 9.93. The summed E-state index contributed by atoms with van der Waals surface area (Å²) in [6, 6.07) is 3.74. The fraction of sp³-hybridized carbons (Fsp3) is 0.400. The zero-order valence-electron chi connectivity index (χ0n) is 7.59. The molecule has 0 amide bonds. The van der Waals surface area contributed by atoms with Crippen molar-refractivity contribution in [3.63, 3.8) is 0 Å². The summed E-state index contributed by atoms with van der Waals surface area (Å²) < 4.78 is 25.8. The summed E-state index contributed by atoms with van der Waals surface area (Å²) in [6.45, 7) is 1.89. The van der Waals surface area contributed by atoms with Crippen LogP contribution in [0.2, 0.25) is 0 Å². The molecular formula is C10H11F2NS. The Morgan fingerprint density at radius 1 is 1.36 bits per heavy atom. The van der Waals surface area contributed by atoms with Crippen molar-refractivity contribution in [3.8, 4) is 0 Å². The third-order valence-corrected chi connectivity index (χ3v) is 3.52. The van der Waals surface area contributed by atoms with E-state index in [0.717, 1.165) is 25.6 Å². The summed E-state index contributed by atoms with van der Waals surface area (Å²) in [6.07, 6.45) is 1.04. The van der Waals surface area contributed by atoms with Crippen molar-refractivity contribution in [3.05, 3.63) is 29.8 Å². The lowest BCUT2D eigenvalue weighted by molar-refractivity contribution is 0.565. The van der Waals surface area contributed by atoms with E-state index in [-0.39, 0.29) is 0 Å². The van der Waals surface area contributed by atoms with Crippen LogP contribution in [-0.2, 0) is 0 Å². The van der Waals surface area contributed by atoms with Crippen LogP contribution < -0.4 is 5.32 Å². The van der Waals surface area contributed by atoms with Crippen molar-refractivity contribution in [2.75, 3.05) is 13.1 Å².